The van der Waals surface area contributed by atoms with Gasteiger partial charge in [0, 0.05) is 36.6 Å². The Balaban J connectivity index is 1.98. The average molecular weight is 318 g/mol. The molecule has 22 heavy (non-hydrogen) atoms. The molecule has 0 bridgehead atoms. The summed E-state index contributed by atoms with van der Waals surface area (Å²) in [6.07, 6.45) is 3.30. The van der Waals surface area contributed by atoms with Gasteiger partial charge in [-0.05, 0) is 35.9 Å². The van der Waals surface area contributed by atoms with Crippen molar-refractivity contribution in [1.82, 2.24) is 9.88 Å². The number of amides is 2. The van der Waals surface area contributed by atoms with Crippen LogP contribution in [0, 0.1) is 0 Å². The molecule has 2 amide bonds. The Hall–Kier alpha value is -2.40. The topological polar surface area (TPSA) is 62.3 Å². The molecule has 0 fully saturated rings. The number of aromatic nitrogens is 1. The fraction of sp³-hybridized carbons (Fsp3) is 0.188. The number of nitrogens with one attached hydrogen (secondary N) is 1. The number of nitrogens with zero attached hydrogens (tertiary/aromatic N) is 2. The highest BCUT2D eigenvalue weighted by Crippen LogP contribution is 2.15. The third kappa shape index (κ3) is 4.86. The van der Waals surface area contributed by atoms with Gasteiger partial charge in [-0.3, -0.25) is 14.6 Å². The number of rotatable bonds is 5. The van der Waals surface area contributed by atoms with E-state index >= 15 is 0 Å². The molecule has 1 aromatic heterocycles. The van der Waals surface area contributed by atoms with E-state index in [1.54, 1.807) is 36.7 Å². The van der Waals surface area contributed by atoms with E-state index in [1.165, 1.54) is 11.8 Å². The van der Waals surface area contributed by atoms with Crippen molar-refractivity contribution in [3.8, 4) is 0 Å². The lowest BCUT2D eigenvalue weighted by molar-refractivity contribution is -0.133. The lowest BCUT2D eigenvalue weighted by Gasteiger charge is -2.20. The fourth-order valence-electron chi connectivity index (χ4n) is 1.93. The summed E-state index contributed by atoms with van der Waals surface area (Å²) in [7, 11) is 0. The zero-order chi connectivity index (χ0) is 15.9. The largest absolute Gasteiger partial charge is 0.329 e. The summed E-state index contributed by atoms with van der Waals surface area (Å²) in [6, 6.07) is 10.5. The summed E-state index contributed by atoms with van der Waals surface area (Å²) in [6.45, 7) is 1.78. The van der Waals surface area contributed by atoms with Gasteiger partial charge >= 0.3 is 0 Å². The van der Waals surface area contributed by atoms with Crippen LogP contribution in [-0.4, -0.2) is 28.2 Å². The number of carbonyl (C=O) groups excluding carboxylic acids is 2. The first-order chi connectivity index (χ1) is 10.5. The van der Waals surface area contributed by atoms with Crippen LogP contribution in [0.3, 0.4) is 0 Å². The number of hydrogen-bond donors (Lipinski definition) is 1. The van der Waals surface area contributed by atoms with Crippen molar-refractivity contribution in [2.24, 2.45) is 0 Å². The van der Waals surface area contributed by atoms with Gasteiger partial charge in [-0.15, -0.1) is 0 Å². The van der Waals surface area contributed by atoms with E-state index in [1.807, 2.05) is 12.1 Å². The van der Waals surface area contributed by atoms with Gasteiger partial charge in [-0.25, -0.2) is 0 Å². The third-order valence-electron chi connectivity index (χ3n) is 3.01. The molecule has 0 aliphatic heterocycles. The van der Waals surface area contributed by atoms with Crippen molar-refractivity contribution < 1.29 is 9.59 Å². The Kier molecular flexibility index (Phi) is 5.49. The van der Waals surface area contributed by atoms with Crippen molar-refractivity contribution in [2.45, 2.75) is 13.5 Å². The predicted octanol–water partition coefficient (Wildman–Crippen LogP) is 2.72. The van der Waals surface area contributed by atoms with Gasteiger partial charge in [0.1, 0.15) is 6.54 Å². The van der Waals surface area contributed by atoms with E-state index in [4.69, 9.17) is 11.6 Å². The van der Waals surface area contributed by atoms with Gasteiger partial charge in [0.05, 0.1) is 0 Å². The standard InChI is InChI=1S/C16H16ClN3O2/c1-12(21)20(10-13-5-7-18-8-6-13)11-16(22)19-15-4-2-3-14(17)9-15/h2-9H,10-11H2,1H3,(H,19,22). The number of benzene rings is 1. The minimum absolute atomic E-state index is 0.0236. The van der Waals surface area contributed by atoms with Gasteiger partial charge in [0.15, 0.2) is 0 Å². The zero-order valence-electron chi connectivity index (χ0n) is 12.1. The minimum atomic E-state index is -0.272. The predicted molar refractivity (Wildman–Crippen MR) is 85.4 cm³/mol. The molecule has 0 aliphatic carbocycles. The molecule has 1 heterocycles. The van der Waals surface area contributed by atoms with Crippen LogP contribution in [-0.2, 0) is 16.1 Å². The van der Waals surface area contributed by atoms with E-state index in [0.717, 1.165) is 5.56 Å². The Morgan fingerprint density at radius 2 is 1.95 bits per heavy atom. The van der Waals surface area contributed by atoms with Crippen molar-refractivity contribution in [3.63, 3.8) is 0 Å². The maximum atomic E-state index is 12.1. The molecule has 1 N–H and O–H groups in total. The summed E-state index contributed by atoms with van der Waals surface area (Å²) in [4.78, 5) is 29.2. The number of hydrogen-bond acceptors (Lipinski definition) is 3. The van der Waals surface area contributed by atoms with Crippen LogP contribution < -0.4 is 5.32 Å². The number of pyridine rings is 1. The molecule has 2 rings (SSSR count). The third-order valence-corrected chi connectivity index (χ3v) is 3.25. The number of carbonyl (C=O) groups is 2. The van der Waals surface area contributed by atoms with Crippen LogP contribution in [0.5, 0.6) is 0 Å². The lowest BCUT2D eigenvalue weighted by Crippen LogP contribution is -2.36. The quantitative estimate of drug-likeness (QED) is 0.922. The van der Waals surface area contributed by atoms with E-state index in [-0.39, 0.29) is 18.4 Å². The van der Waals surface area contributed by atoms with Gasteiger partial charge in [-0.2, -0.15) is 0 Å². The SMILES string of the molecule is CC(=O)N(CC(=O)Nc1cccc(Cl)c1)Cc1ccncc1. The first-order valence-electron chi connectivity index (χ1n) is 6.74. The molecular weight excluding hydrogens is 302 g/mol. The monoisotopic (exact) mass is 317 g/mol. The van der Waals surface area contributed by atoms with E-state index in [9.17, 15) is 9.59 Å². The molecule has 0 saturated heterocycles. The van der Waals surface area contributed by atoms with Crippen molar-refractivity contribution in [1.29, 1.82) is 0 Å². The lowest BCUT2D eigenvalue weighted by atomic mass is 10.2. The molecule has 1 aromatic carbocycles. The molecule has 2 aromatic rings. The molecule has 0 atom stereocenters. The second-order valence-corrected chi connectivity index (χ2v) is 5.23. The molecule has 0 aliphatic rings. The van der Waals surface area contributed by atoms with E-state index in [0.29, 0.717) is 17.3 Å². The van der Waals surface area contributed by atoms with Crippen LogP contribution in [0.25, 0.3) is 0 Å². The summed E-state index contributed by atoms with van der Waals surface area (Å²) in [5.41, 5.74) is 1.52. The molecule has 0 radical (unpaired) electrons. The maximum absolute atomic E-state index is 12.1. The minimum Gasteiger partial charge on any atom is -0.329 e. The summed E-state index contributed by atoms with van der Waals surface area (Å²) >= 11 is 5.87. The van der Waals surface area contributed by atoms with Gasteiger partial charge < -0.3 is 10.2 Å². The number of anilines is 1. The zero-order valence-corrected chi connectivity index (χ0v) is 12.9. The highest BCUT2D eigenvalue weighted by atomic mass is 35.5. The molecule has 114 valence electrons. The van der Waals surface area contributed by atoms with Gasteiger partial charge in [0.25, 0.3) is 0 Å². The number of halogens is 1. The van der Waals surface area contributed by atoms with Gasteiger partial charge in [-0.1, -0.05) is 17.7 Å². The van der Waals surface area contributed by atoms with E-state index in [2.05, 4.69) is 10.3 Å². The van der Waals surface area contributed by atoms with Crippen LogP contribution in [0.2, 0.25) is 5.02 Å². The average Bonchev–Trinajstić information content (AvgIpc) is 2.47. The fourth-order valence-corrected chi connectivity index (χ4v) is 2.12. The smallest absolute Gasteiger partial charge is 0.244 e. The molecule has 0 unspecified atom stereocenters. The highest BCUT2D eigenvalue weighted by Gasteiger charge is 2.14. The van der Waals surface area contributed by atoms with Crippen LogP contribution in [0.15, 0.2) is 48.8 Å². The van der Waals surface area contributed by atoms with Crippen LogP contribution >= 0.6 is 11.6 Å². The maximum Gasteiger partial charge on any atom is 0.244 e. The summed E-state index contributed by atoms with van der Waals surface area (Å²) < 4.78 is 0. The highest BCUT2D eigenvalue weighted by molar-refractivity contribution is 6.30. The Labute approximate surface area is 133 Å². The molecule has 5 nitrogen and oxygen atoms in total. The van der Waals surface area contributed by atoms with Crippen molar-refractivity contribution in [3.05, 3.63) is 59.4 Å². The van der Waals surface area contributed by atoms with Crippen molar-refractivity contribution in [2.75, 3.05) is 11.9 Å². The van der Waals surface area contributed by atoms with Crippen LogP contribution in [0.4, 0.5) is 5.69 Å². The normalized spacial score (nSPS) is 10.1. The van der Waals surface area contributed by atoms with Crippen molar-refractivity contribution >= 4 is 29.1 Å². The second kappa shape index (κ2) is 7.56. The molecular formula is C16H16ClN3O2. The first-order valence-corrected chi connectivity index (χ1v) is 7.12. The van der Waals surface area contributed by atoms with Gasteiger partial charge in [0.2, 0.25) is 11.8 Å². The summed E-state index contributed by atoms with van der Waals surface area (Å²) in [5.74, 6) is -0.440. The van der Waals surface area contributed by atoms with Crippen LogP contribution in [0.1, 0.15) is 12.5 Å². The van der Waals surface area contributed by atoms with E-state index < -0.39 is 0 Å². The Morgan fingerprint density at radius 3 is 2.59 bits per heavy atom. The second-order valence-electron chi connectivity index (χ2n) is 4.79. The molecule has 0 saturated carbocycles. The Morgan fingerprint density at radius 1 is 1.23 bits per heavy atom. The molecule has 6 heteroatoms. The Bertz CT molecular complexity index is 661. The first kappa shape index (κ1) is 16.0. The molecule has 0 spiro atoms. The summed E-state index contributed by atoms with van der Waals surface area (Å²) in [5, 5.41) is 3.26.